The summed E-state index contributed by atoms with van der Waals surface area (Å²) in [6.07, 6.45) is 2.12. The molecule has 1 aliphatic rings. The lowest BCUT2D eigenvalue weighted by atomic mass is 10.1. The lowest BCUT2D eigenvalue weighted by Crippen LogP contribution is -2.47. The number of hydrogen-bond donors (Lipinski definition) is 3. The van der Waals surface area contributed by atoms with Crippen LogP contribution in [0.4, 0.5) is 11.4 Å². The van der Waals surface area contributed by atoms with Gasteiger partial charge in [-0.05, 0) is 48.0 Å². The molecule has 4 rings (SSSR count). The van der Waals surface area contributed by atoms with Gasteiger partial charge >= 0.3 is 0 Å². The molecular formula is C21H22N4O3. The van der Waals surface area contributed by atoms with E-state index in [1.54, 1.807) is 7.11 Å². The van der Waals surface area contributed by atoms with Crippen LogP contribution in [-0.2, 0) is 16.0 Å². The Morgan fingerprint density at radius 2 is 2.04 bits per heavy atom. The van der Waals surface area contributed by atoms with Crippen LogP contribution in [0.2, 0.25) is 0 Å². The minimum atomic E-state index is -0.0891. The minimum Gasteiger partial charge on any atom is -0.497 e. The second-order valence-electron chi connectivity index (χ2n) is 6.77. The van der Waals surface area contributed by atoms with Crippen molar-refractivity contribution in [1.82, 2.24) is 10.3 Å². The number of carbonyl (C=O) groups excluding carboxylic acids is 2. The van der Waals surface area contributed by atoms with Gasteiger partial charge in [0.15, 0.2) is 0 Å². The smallest absolute Gasteiger partial charge is 0.239 e. The Bertz CT molecular complexity index is 1010. The number of rotatable bonds is 5. The van der Waals surface area contributed by atoms with Gasteiger partial charge in [-0.3, -0.25) is 9.59 Å². The summed E-state index contributed by atoms with van der Waals surface area (Å²) in [5, 5.41) is 6.72. The summed E-state index contributed by atoms with van der Waals surface area (Å²) >= 11 is 0. The molecule has 0 saturated carbocycles. The van der Waals surface area contributed by atoms with Crippen molar-refractivity contribution in [3.05, 3.63) is 54.2 Å². The third-order valence-corrected chi connectivity index (χ3v) is 4.88. The van der Waals surface area contributed by atoms with Gasteiger partial charge in [0.1, 0.15) is 5.75 Å². The molecule has 0 atom stereocenters. The van der Waals surface area contributed by atoms with E-state index in [1.807, 2.05) is 53.6 Å². The van der Waals surface area contributed by atoms with Crippen LogP contribution in [0.5, 0.6) is 5.75 Å². The Balaban J connectivity index is 1.42. The molecule has 1 aromatic heterocycles. The molecule has 0 aliphatic carbocycles. The number of ether oxygens (including phenoxy) is 1. The van der Waals surface area contributed by atoms with Crippen LogP contribution < -0.4 is 20.3 Å². The van der Waals surface area contributed by atoms with Crippen molar-refractivity contribution < 1.29 is 14.3 Å². The maximum Gasteiger partial charge on any atom is 0.239 e. The molecule has 2 heterocycles. The van der Waals surface area contributed by atoms with Crippen LogP contribution >= 0.6 is 0 Å². The number of fused-ring (bicyclic) bond motifs is 1. The fraction of sp³-hybridized carbons (Fsp3) is 0.238. The number of hydrogen-bond acceptors (Lipinski definition) is 4. The van der Waals surface area contributed by atoms with Crippen LogP contribution in [0.15, 0.2) is 48.7 Å². The Hall–Kier alpha value is -3.48. The second kappa shape index (κ2) is 7.64. The number of aromatic nitrogens is 1. The number of amides is 2. The van der Waals surface area contributed by atoms with Crippen molar-refractivity contribution in [1.29, 1.82) is 0 Å². The summed E-state index contributed by atoms with van der Waals surface area (Å²) in [7, 11) is 1.63. The van der Waals surface area contributed by atoms with Crippen molar-refractivity contribution in [3.8, 4) is 5.75 Å². The zero-order chi connectivity index (χ0) is 19.5. The highest BCUT2D eigenvalue weighted by atomic mass is 16.5. The number of nitrogens with one attached hydrogen (secondary N) is 3. The predicted molar refractivity (Wildman–Crippen MR) is 109 cm³/mol. The topological polar surface area (TPSA) is 86.5 Å². The molecule has 0 bridgehead atoms. The molecule has 0 unspecified atom stereocenters. The van der Waals surface area contributed by atoms with Gasteiger partial charge in [-0.15, -0.1) is 0 Å². The summed E-state index contributed by atoms with van der Waals surface area (Å²) in [4.78, 5) is 29.2. The quantitative estimate of drug-likeness (QED) is 0.636. The molecular weight excluding hydrogens is 356 g/mol. The van der Waals surface area contributed by atoms with Crippen LogP contribution in [0.3, 0.4) is 0 Å². The number of H-pyrrole nitrogens is 1. The zero-order valence-corrected chi connectivity index (χ0v) is 15.6. The number of carbonyl (C=O) groups is 2. The monoisotopic (exact) mass is 378 g/mol. The van der Waals surface area contributed by atoms with Gasteiger partial charge in [0.05, 0.1) is 20.1 Å². The average molecular weight is 378 g/mol. The van der Waals surface area contributed by atoms with Gasteiger partial charge < -0.3 is 25.3 Å². The van der Waals surface area contributed by atoms with E-state index >= 15 is 0 Å². The number of nitrogens with zero attached hydrogens (tertiary/aromatic N) is 1. The molecule has 3 aromatic rings. The van der Waals surface area contributed by atoms with Crippen molar-refractivity contribution in [2.75, 3.05) is 37.0 Å². The Kier molecular flexibility index (Phi) is 4.89. The summed E-state index contributed by atoms with van der Waals surface area (Å²) in [5.74, 6) is 0.698. The predicted octanol–water partition coefficient (Wildman–Crippen LogP) is 2.29. The maximum atomic E-state index is 12.5. The van der Waals surface area contributed by atoms with Gasteiger partial charge in [-0.1, -0.05) is 0 Å². The molecule has 0 spiro atoms. The van der Waals surface area contributed by atoms with Gasteiger partial charge in [-0.25, -0.2) is 0 Å². The lowest BCUT2D eigenvalue weighted by molar-refractivity contribution is -0.120. The van der Waals surface area contributed by atoms with E-state index < -0.39 is 0 Å². The van der Waals surface area contributed by atoms with E-state index in [9.17, 15) is 9.59 Å². The van der Waals surface area contributed by atoms with E-state index in [4.69, 9.17) is 4.74 Å². The first kappa shape index (κ1) is 17.9. The zero-order valence-electron chi connectivity index (χ0n) is 15.6. The molecule has 28 heavy (non-hydrogen) atoms. The van der Waals surface area contributed by atoms with Crippen LogP contribution in [0.1, 0.15) is 5.56 Å². The number of anilines is 2. The first-order valence-electron chi connectivity index (χ1n) is 9.18. The summed E-state index contributed by atoms with van der Waals surface area (Å²) < 4.78 is 5.27. The average Bonchev–Trinajstić information content (AvgIpc) is 3.10. The molecule has 2 amide bonds. The maximum absolute atomic E-state index is 12.5. The van der Waals surface area contributed by atoms with E-state index in [0.717, 1.165) is 40.1 Å². The van der Waals surface area contributed by atoms with Crippen molar-refractivity contribution in [2.45, 2.75) is 6.42 Å². The van der Waals surface area contributed by atoms with Crippen molar-refractivity contribution in [3.63, 3.8) is 0 Å². The van der Waals surface area contributed by atoms with Crippen LogP contribution in [0.25, 0.3) is 10.9 Å². The molecule has 1 fully saturated rings. The van der Waals surface area contributed by atoms with E-state index in [1.165, 1.54) is 0 Å². The minimum absolute atomic E-state index is 0.0268. The molecule has 7 heteroatoms. The van der Waals surface area contributed by atoms with E-state index in [0.29, 0.717) is 13.1 Å². The van der Waals surface area contributed by atoms with Crippen molar-refractivity contribution >= 4 is 34.1 Å². The number of benzene rings is 2. The molecule has 1 aliphatic heterocycles. The largest absolute Gasteiger partial charge is 0.497 e. The lowest BCUT2D eigenvalue weighted by Gasteiger charge is -2.28. The normalized spacial score (nSPS) is 14.0. The Morgan fingerprint density at radius 1 is 1.21 bits per heavy atom. The second-order valence-corrected chi connectivity index (χ2v) is 6.77. The first-order chi connectivity index (χ1) is 13.6. The first-order valence-corrected chi connectivity index (χ1v) is 9.18. The fourth-order valence-corrected chi connectivity index (χ4v) is 3.42. The molecule has 7 nitrogen and oxygen atoms in total. The summed E-state index contributed by atoms with van der Waals surface area (Å²) in [6.45, 7) is 1.78. The summed E-state index contributed by atoms with van der Waals surface area (Å²) in [6, 6.07) is 13.3. The van der Waals surface area contributed by atoms with Gasteiger partial charge in [0.25, 0.3) is 0 Å². The number of aromatic amines is 1. The van der Waals surface area contributed by atoms with E-state index in [2.05, 4.69) is 15.6 Å². The fourth-order valence-electron chi connectivity index (χ4n) is 3.42. The van der Waals surface area contributed by atoms with Gasteiger partial charge in [0, 0.05) is 41.6 Å². The highest BCUT2D eigenvalue weighted by Gasteiger charge is 2.16. The third-order valence-electron chi connectivity index (χ3n) is 4.88. The van der Waals surface area contributed by atoms with Gasteiger partial charge in [0.2, 0.25) is 11.8 Å². The molecule has 1 saturated heterocycles. The van der Waals surface area contributed by atoms with Gasteiger partial charge in [-0.2, -0.15) is 0 Å². The van der Waals surface area contributed by atoms with Crippen LogP contribution in [0, 0.1) is 0 Å². The summed E-state index contributed by atoms with van der Waals surface area (Å²) in [5.41, 5.74) is 3.59. The molecule has 144 valence electrons. The van der Waals surface area contributed by atoms with Crippen LogP contribution in [-0.4, -0.2) is 43.5 Å². The third kappa shape index (κ3) is 3.78. The Morgan fingerprint density at radius 3 is 2.79 bits per heavy atom. The van der Waals surface area contributed by atoms with Crippen molar-refractivity contribution in [2.24, 2.45) is 0 Å². The Labute approximate surface area is 162 Å². The molecule has 2 aromatic carbocycles. The number of methoxy groups -OCH3 is 1. The van der Waals surface area contributed by atoms with E-state index in [-0.39, 0.29) is 18.2 Å². The molecule has 0 radical (unpaired) electrons. The molecule has 3 N–H and O–H groups in total. The number of piperazine rings is 1. The standard InChI is InChI=1S/C21H22N4O3/c1-28-17-6-7-19-18(11-17)14(12-23-19)10-20(26)24-15-2-4-16(5-3-15)25-9-8-22-21(27)13-25/h2-7,11-12,23H,8-10,13H2,1H3,(H,22,27)(H,24,26). The highest BCUT2D eigenvalue weighted by molar-refractivity contribution is 5.96. The SMILES string of the molecule is COc1ccc2[nH]cc(CC(=O)Nc3ccc(N4CCNC(=O)C4)cc3)c2c1. The highest BCUT2D eigenvalue weighted by Crippen LogP contribution is 2.24.